The van der Waals surface area contributed by atoms with E-state index in [9.17, 15) is 4.39 Å². The van der Waals surface area contributed by atoms with Crippen LogP contribution in [0.2, 0.25) is 0 Å². The maximum Gasteiger partial charge on any atom is 0.0960 e. The Labute approximate surface area is 140 Å². The van der Waals surface area contributed by atoms with E-state index in [2.05, 4.69) is 62.4 Å². The second-order valence-electron chi connectivity index (χ2n) is 6.80. The van der Waals surface area contributed by atoms with Gasteiger partial charge in [0.05, 0.1) is 6.67 Å². The highest BCUT2D eigenvalue weighted by atomic mass is 19.1. The lowest BCUT2D eigenvalue weighted by Gasteiger charge is -2.16. The lowest BCUT2D eigenvalue weighted by molar-refractivity contribution is 0.447. The van der Waals surface area contributed by atoms with E-state index in [1.165, 1.54) is 29.5 Å². The molecule has 0 aliphatic carbocycles. The van der Waals surface area contributed by atoms with Crippen molar-refractivity contribution in [3.63, 3.8) is 0 Å². The number of benzene rings is 2. The first kappa shape index (κ1) is 17.7. The number of halogens is 1. The molecule has 0 saturated heterocycles. The molecule has 2 aromatic carbocycles. The van der Waals surface area contributed by atoms with E-state index >= 15 is 0 Å². The smallest absolute Gasteiger partial charge is 0.0960 e. The van der Waals surface area contributed by atoms with Crippen LogP contribution in [-0.4, -0.2) is 6.67 Å². The third kappa shape index (κ3) is 5.20. The predicted octanol–water partition coefficient (Wildman–Crippen LogP) is 6.33. The first-order valence-electron chi connectivity index (χ1n) is 8.85. The van der Waals surface area contributed by atoms with Crippen molar-refractivity contribution in [2.75, 3.05) is 6.67 Å². The molecule has 2 atom stereocenters. The average molecular weight is 312 g/mol. The van der Waals surface area contributed by atoms with Gasteiger partial charge in [0.1, 0.15) is 0 Å². The first-order valence-corrected chi connectivity index (χ1v) is 8.85. The monoisotopic (exact) mass is 312 g/mol. The average Bonchev–Trinajstić information content (AvgIpc) is 2.60. The molecule has 0 amide bonds. The quantitative estimate of drug-likeness (QED) is 0.534. The number of aryl methyl sites for hydroxylation is 1. The maximum absolute atomic E-state index is 13.0. The highest BCUT2D eigenvalue weighted by molar-refractivity contribution is 5.37. The number of alkyl halides is 1. The zero-order valence-corrected chi connectivity index (χ0v) is 14.7. The van der Waals surface area contributed by atoms with Gasteiger partial charge >= 0.3 is 0 Å². The molecular formula is C22H29F. The summed E-state index contributed by atoms with van der Waals surface area (Å²) < 4.78 is 13.0. The van der Waals surface area contributed by atoms with Crippen molar-refractivity contribution in [3.05, 3.63) is 70.8 Å². The molecule has 0 aromatic heterocycles. The second-order valence-corrected chi connectivity index (χ2v) is 6.80. The maximum atomic E-state index is 13.0. The Morgan fingerprint density at radius 1 is 0.957 bits per heavy atom. The molecule has 0 aliphatic rings. The normalized spacial score (nSPS) is 13.7. The summed E-state index contributed by atoms with van der Waals surface area (Å²) in [4.78, 5) is 0. The molecule has 0 aliphatic heterocycles. The summed E-state index contributed by atoms with van der Waals surface area (Å²) in [5.41, 5.74) is 5.22. The zero-order valence-electron chi connectivity index (χ0n) is 14.7. The van der Waals surface area contributed by atoms with Crippen LogP contribution < -0.4 is 0 Å². The topological polar surface area (TPSA) is 0 Å². The SMILES string of the molecule is CCC(C)CCc1ccc(C(C)CF)cc1Cc1ccccc1. The van der Waals surface area contributed by atoms with Crippen LogP contribution in [0.5, 0.6) is 0 Å². The van der Waals surface area contributed by atoms with Crippen LogP contribution in [0, 0.1) is 5.92 Å². The van der Waals surface area contributed by atoms with Gasteiger partial charge in [0, 0.05) is 5.92 Å². The number of hydrogen-bond donors (Lipinski definition) is 0. The van der Waals surface area contributed by atoms with Crippen LogP contribution in [0.4, 0.5) is 4.39 Å². The number of rotatable bonds is 8. The molecular weight excluding hydrogens is 283 g/mol. The van der Waals surface area contributed by atoms with Crippen molar-refractivity contribution in [2.24, 2.45) is 5.92 Å². The van der Waals surface area contributed by atoms with Crippen molar-refractivity contribution in [1.82, 2.24) is 0 Å². The molecule has 0 heterocycles. The Bertz CT molecular complexity index is 588. The third-order valence-corrected chi connectivity index (χ3v) is 4.87. The van der Waals surface area contributed by atoms with Gasteiger partial charge in [-0.1, -0.05) is 75.7 Å². The van der Waals surface area contributed by atoms with Crippen LogP contribution in [-0.2, 0) is 12.8 Å². The van der Waals surface area contributed by atoms with Crippen molar-refractivity contribution >= 4 is 0 Å². The summed E-state index contributed by atoms with van der Waals surface area (Å²) in [6, 6.07) is 17.1. The molecule has 0 radical (unpaired) electrons. The van der Waals surface area contributed by atoms with Gasteiger partial charge < -0.3 is 0 Å². The third-order valence-electron chi connectivity index (χ3n) is 4.87. The lowest BCUT2D eigenvalue weighted by Crippen LogP contribution is -2.03. The van der Waals surface area contributed by atoms with Gasteiger partial charge in [-0.05, 0) is 47.4 Å². The van der Waals surface area contributed by atoms with E-state index in [0.29, 0.717) is 0 Å². The minimum Gasteiger partial charge on any atom is -0.250 e. The Kier molecular flexibility index (Phi) is 6.83. The molecule has 0 saturated carbocycles. The van der Waals surface area contributed by atoms with Gasteiger partial charge in [0.2, 0.25) is 0 Å². The van der Waals surface area contributed by atoms with E-state index in [-0.39, 0.29) is 12.6 Å². The summed E-state index contributed by atoms with van der Waals surface area (Å²) in [6.45, 7) is 6.23. The molecule has 2 unspecified atom stereocenters. The zero-order chi connectivity index (χ0) is 16.7. The Balaban J connectivity index is 2.25. The van der Waals surface area contributed by atoms with E-state index < -0.39 is 0 Å². The van der Waals surface area contributed by atoms with Crippen LogP contribution >= 0.6 is 0 Å². The Hall–Kier alpha value is -1.63. The minimum absolute atomic E-state index is 0.0202. The molecule has 2 aromatic rings. The van der Waals surface area contributed by atoms with Crippen LogP contribution in [0.25, 0.3) is 0 Å². The fraction of sp³-hybridized carbons (Fsp3) is 0.455. The van der Waals surface area contributed by atoms with E-state index in [0.717, 1.165) is 24.3 Å². The molecule has 23 heavy (non-hydrogen) atoms. The van der Waals surface area contributed by atoms with Crippen LogP contribution in [0.15, 0.2) is 48.5 Å². The highest BCUT2D eigenvalue weighted by Gasteiger charge is 2.11. The largest absolute Gasteiger partial charge is 0.250 e. The summed E-state index contributed by atoms with van der Waals surface area (Å²) in [5.74, 6) is 0.733. The van der Waals surface area contributed by atoms with Gasteiger partial charge in [0.15, 0.2) is 0 Å². The second kappa shape index (κ2) is 8.86. The first-order chi connectivity index (χ1) is 11.1. The lowest BCUT2D eigenvalue weighted by atomic mass is 9.90. The summed E-state index contributed by atoms with van der Waals surface area (Å²) in [7, 11) is 0. The molecule has 0 fully saturated rings. The molecule has 0 nitrogen and oxygen atoms in total. The molecule has 0 spiro atoms. The Morgan fingerprint density at radius 2 is 1.70 bits per heavy atom. The van der Waals surface area contributed by atoms with Gasteiger partial charge in [-0.25, -0.2) is 0 Å². The van der Waals surface area contributed by atoms with Crippen molar-refractivity contribution in [3.8, 4) is 0 Å². The van der Waals surface area contributed by atoms with Crippen molar-refractivity contribution < 1.29 is 4.39 Å². The summed E-state index contributed by atoms with van der Waals surface area (Å²) in [6.07, 6.45) is 4.49. The molecule has 0 N–H and O–H groups in total. The minimum atomic E-state index is -0.295. The van der Waals surface area contributed by atoms with E-state index in [4.69, 9.17) is 0 Å². The summed E-state index contributed by atoms with van der Waals surface area (Å²) >= 11 is 0. The van der Waals surface area contributed by atoms with Gasteiger partial charge in [-0.3, -0.25) is 4.39 Å². The molecule has 1 heteroatoms. The fourth-order valence-corrected chi connectivity index (χ4v) is 2.87. The predicted molar refractivity (Wildman–Crippen MR) is 97.9 cm³/mol. The Morgan fingerprint density at radius 3 is 2.35 bits per heavy atom. The van der Waals surface area contributed by atoms with Gasteiger partial charge in [-0.2, -0.15) is 0 Å². The summed E-state index contributed by atoms with van der Waals surface area (Å²) in [5, 5.41) is 0. The number of hydrogen-bond acceptors (Lipinski definition) is 0. The molecule has 2 rings (SSSR count). The standard InChI is InChI=1S/C22H29F/c1-4-17(2)10-11-20-12-13-21(18(3)16-23)15-22(20)14-19-8-6-5-7-9-19/h5-9,12-13,15,17-18H,4,10-11,14,16H2,1-3H3. The van der Waals surface area contributed by atoms with Crippen LogP contribution in [0.3, 0.4) is 0 Å². The molecule has 0 bridgehead atoms. The molecule has 124 valence electrons. The van der Waals surface area contributed by atoms with E-state index in [1.807, 2.05) is 6.92 Å². The van der Waals surface area contributed by atoms with E-state index in [1.54, 1.807) is 0 Å². The van der Waals surface area contributed by atoms with Crippen molar-refractivity contribution in [2.45, 2.75) is 52.4 Å². The fourth-order valence-electron chi connectivity index (χ4n) is 2.87. The van der Waals surface area contributed by atoms with Gasteiger partial charge in [-0.15, -0.1) is 0 Å². The van der Waals surface area contributed by atoms with Gasteiger partial charge in [0.25, 0.3) is 0 Å². The van der Waals surface area contributed by atoms with Crippen LogP contribution in [0.1, 0.15) is 61.8 Å². The van der Waals surface area contributed by atoms with Crippen molar-refractivity contribution in [1.29, 1.82) is 0 Å². The highest BCUT2D eigenvalue weighted by Crippen LogP contribution is 2.24.